The van der Waals surface area contributed by atoms with Gasteiger partial charge in [0.05, 0.1) is 13.0 Å². The molecule has 8 heteroatoms. The number of amides is 3. The Morgan fingerprint density at radius 1 is 0.975 bits per heavy atom. The van der Waals surface area contributed by atoms with Crippen molar-refractivity contribution in [3.8, 4) is 5.75 Å². The highest BCUT2D eigenvalue weighted by atomic mass is 16.5. The minimum atomic E-state index is -0.957. The second kappa shape index (κ2) is 14.7. The standard InChI is InChI=1S/C32H45N3O5/c1-5-6-21-40-28-17-13-26(14-18-28)34-31(39)35(27-15-11-25(12-16-27)32(2,3)4)22-23-7-9-24(10-8-23)30(38)33-20-19-29(36)37/h7-10,13-14,17-18,25,27H,5-6,11-12,15-16,19-22H2,1-4H3,(H,33,38)(H,34,39)(H,36,37). The van der Waals surface area contributed by atoms with E-state index in [0.29, 0.717) is 24.6 Å². The molecule has 1 saturated carbocycles. The molecule has 1 aliphatic carbocycles. The van der Waals surface area contributed by atoms with Crippen LogP contribution in [0.15, 0.2) is 48.5 Å². The quantitative estimate of drug-likeness (QED) is 0.254. The Labute approximate surface area is 238 Å². The molecule has 3 rings (SSSR count). The summed E-state index contributed by atoms with van der Waals surface area (Å²) in [5.74, 6) is 0.149. The number of anilines is 1. The fourth-order valence-electron chi connectivity index (χ4n) is 5.13. The highest BCUT2D eigenvalue weighted by Crippen LogP contribution is 2.39. The number of nitrogens with zero attached hydrogens (tertiary/aromatic N) is 1. The SMILES string of the molecule is CCCCOc1ccc(NC(=O)N(Cc2ccc(C(=O)NCCC(=O)O)cc2)C2CCC(C(C)(C)C)CC2)cc1. The van der Waals surface area contributed by atoms with Crippen LogP contribution in [0.2, 0.25) is 0 Å². The van der Waals surface area contributed by atoms with Crippen LogP contribution < -0.4 is 15.4 Å². The molecule has 3 amide bonds. The molecule has 3 N–H and O–H groups in total. The van der Waals surface area contributed by atoms with E-state index in [9.17, 15) is 14.4 Å². The summed E-state index contributed by atoms with van der Waals surface area (Å²) in [7, 11) is 0. The summed E-state index contributed by atoms with van der Waals surface area (Å²) >= 11 is 0. The van der Waals surface area contributed by atoms with Crippen molar-refractivity contribution in [2.45, 2.75) is 85.2 Å². The number of carbonyl (C=O) groups excluding carboxylic acids is 2. The van der Waals surface area contributed by atoms with Gasteiger partial charge in [-0.25, -0.2) is 4.79 Å². The molecule has 0 spiro atoms. The maximum absolute atomic E-state index is 13.6. The van der Waals surface area contributed by atoms with Gasteiger partial charge in [-0.05, 0) is 85.4 Å². The lowest BCUT2D eigenvalue weighted by Crippen LogP contribution is -2.45. The van der Waals surface area contributed by atoms with E-state index >= 15 is 0 Å². The molecule has 2 aromatic carbocycles. The Balaban J connectivity index is 1.69. The number of benzene rings is 2. The van der Waals surface area contributed by atoms with E-state index in [0.717, 1.165) is 55.5 Å². The minimum Gasteiger partial charge on any atom is -0.494 e. The molecular weight excluding hydrogens is 506 g/mol. The number of unbranched alkanes of at least 4 members (excludes halogenated alkanes) is 1. The largest absolute Gasteiger partial charge is 0.494 e. The van der Waals surface area contributed by atoms with Gasteiger partial charge in [-0.15, -0.1) is 0 Å². The average Bonchev–Trinajstić information content (AvgIpc) is 2.92. The zero-order chi connectivity index (χ0) is 29.1. The number of urea groups is 1. The zero-order valence-corrected chi connectivity index (χ0v) is 24.4. The molecule has 0 aliphatic heterocycles. The van der Waals surface area contributed by atoms with E-state index in [2.05, 4.69) is 38.3 Å². The molecular formula is C32H45N3O5. The summed E-state index contributed by atoms with van der Waals surface area (Å²) in [5.41, 5.74) is 2.35. The van der Waals surface area contributed by atoms with Crippen molar-refractivity contribution in [3.63, 3.8) is 0 Å². The van der Waals surface area contributed by atoms with Gasteiger partial charge in [0.2, 0.25) is 0 Å². The number of aliphatic carboxylic acids is 1. The first kappa shape index (κ1) is 31.0. The van der Waals surface area contributed by atoms with Crippen LogP contribution in [0.1, 0.15) is 88.6 Å². The molecule has 8 nitrogen and oxygen atoms in total. The first-order valence-electron chi connectivity index (χ1n) is 14.5. The number of hydrogen-bond acceptors (Lipinski definition) is 4. The fraction of sp³-hybridized carbons (Fsp3) is 0.531. The molecule has 0 bridgehead atoms. The van der Waals surface area contributed by atoms with Crippen LogP contribution >= 0.6 is 0 Å². The molecule has 2 aromatic rings. The lowest BCUT2D eigenvalue weighted by molar-refractivity contribution is -0.136. The van der Waals surface area contributed by atoms with Gasteiger partial charge >= 0.3 is 12.0 Å². The monoisotopic (exact) mass is 551 g/mol. The minimum absolute atomic E-state index is 0.0763. The summed E-state index contributed by atoms with van der Waals surface area (Å²) < 4.78 is 5.75. The van der Waals surface area contributed by atoms with Gasteiger partial charge in [0.25, 0.3) is 5.91 Å². The summed E-state index contributed by atoms with van der Waals surface area (Å²) in [6, 6.07) is 14.6. The van der Waals surface area contributed by atoms with Crippen molar-refractivity contribution in [1.82, 2.24) is 10.2 Å². The van der Waals surface area contributed by atoms with E-state index in [1.165, 1.54) is 0 Å². The van der Waals surface area contributed by atoms with Crippen molar-refractivity contribution in [1.29, 1.82) is 0 Å². The van der Waals surface area contributed by atoms with Crippen LogP contribution in [0.5, 0.6) is 5.75 Å². The van der Waals surface area contributed by atoms with Crippen LogP contribution in [-0.4, -0.2) is 47.1 Å². The van der Waals surface area contributed by atoms with Crippen molar-refractivity contribution in [3.05, 3.63) is 59.7 Å². The highest BCUT2D eigenvalue weighted by molar-refractivity contribution is 5.94. The summed E-state index contributed by atoms with van der Waals surface area (Å²) in [4.78, 5) is 38.6. The van der Waals surface area contributed by atoms with Crippen LogP contribution in [0.4, 0.5) is 10.5 Å². The van der Waals surface area contributed by atoms with Crippen LogP contribution in [0, 0.1) is 11.3 Å². The Hall–Kier alpha value is -3.55. The van der Waals surface area contributed by atoms with Crippen molar-refractivity contribution in [2.75, 3.05) is 18.5 Å². The first-order chi connectivity index (χ1) is 19.1. The Morgan fingerprint density at radius 2 is 1.62 bits per heavy atom. The summed E-state index contributed by atoms with van der Waals surface area (Å²) in [5, 5.41) is 14.5. The first-order valence-corrected chi connectivity index (χ1v) is 14.5. The highest BCUT2D eigenvalue weighted by Gasteiger charge is 2.33. The summed E-state index contributed by atoms with van der Waals surface area (Å²) in [6.07, 6.45) is 6.01. The molecule has 0 aromatic heterocycles. The Morgan fingerprint density at radius 3 is 2.20 bits per heavy atom. The van der Waals surface area contributed by atoms with Crippen molar-refractivity contribution < 1.29 is 24.2 Å². The van der Waals surface area contributed by atoms with E-state index in [4.69, 9.17) is 9.84 Å². The number of hydrogen-bond donors (Lipinski definition) is 3. The number of ether oxygens (including phenoxy) is 1. The third-order valence-electron chi connectivity index (χ3n) is 7.69. The summed E-state index contributed by atoms with van der Waals surface area (Å²) in [6.45, 7) is 10.2. The van der Waals surface area contributed by atoms with Gasteiger partial charge in [0, 0.05) is 30.4 Å². The number of carbonyl (C=O) groups is 3. The fourth-order valence-corrected chi connectivity index (χ4v) is 5.13. The van der Waals surface area contributed by atoms with Crippen LogP contribution in [0.3, 0.4) is 0 Å². The van der Waals surface area contributed by atoms with E-state index in [1.54, 1.807) is 12.1 Å². The Bertz CT molecular complexity index is 1100. The van der Waals surface area contributed by atoms with Crippen molar-refractivity contribution >= 4 is 23.6 Å². The molecule has 0 saturated heterocycles. The van der Waals surface area contributed by atoms with Gasteiger partial charge in [0.15, 0.2) is 0 Å². The smallest absolute Gasteiger partial charge is 0.322 e. The number of nitrogens with one attached hydrogen (secondary N) is 2. The molecule has 0 heterocycles. The maximum atomic E-state index is 13.6. The normalized spacial score (nSPS) is 17.1. The third kappa shape index (κ3) is 9.57. The van der Waals surface area contributed by atoms with Gasteiger partial charge < -0.3 is 25.4 Å². The van der Waals surface area contributed by atoms with Gasteiger partial charge in [-0.1, -0.05) is 46.2 Å². The molecule has 1 aliphatic rings. The lowest BCUT2D eigenvalue weighted by Gasteiger charge is -2.41. The molecule has 1 fully saturated rings. The Kier molecular flexibility index (Phi) is 11.4. The third-order valence-corrected chi connectivity index (χ3v) is 7.69. The average molecular weight is 552 g/mol. The van der Waals surface area contributed by atoms with Crippen molar-refractivity contribution in [2.24, 2.45) is 11.3 Å². The molecule has 218 valence electrons. The lowest BCUT2D eigenvalue weighted by atomic mass is 9.71. The van der Waals surface area contributed by atoms with E-state index in [1.807, 2.05) is 41.3 Å². The van der Waals surface area contributed by atoms with Gasteiger partial charge in [-0.3, -0.25) is 9.59 Å². The predicted molar refractivity (Wildman–Crippen MR) is 158 cm³/mol. The number of carboxylic acids is 1. The maximum Gasteiger partial charge on any atom is 0.322 e. The molecule has 40 heavy (non-hydrogen) atoms. The topological polar surface area (TPSA) is 108 Å². The van der Waals surface area contributed by atoms with Gasteiger partial charge in [-0.2, -0.15) is 0 Å². The van der Waals surface area contributed by atoms with Crippen LogP contribution in [0.25, 0.3) is 0 Å². The number of carboxylic acid groups (broad SMARTS) is 1. The number of rotatable bonds is 12. The zero-order valence-electron chi connectivity index (χ0n) is 24.4. The second-order valence-electron chi connectivity index (χ2n) is 11.8. The molecule has 0 unspecified atom stereocenters. The van der Waals surface area contributed by atoms with Crippen LogP contribution in [-0.2, 0) is 11.3 Å². The van der Waals surface area contributed by atoms with Gasteiger partial charge in [0.1, 0.15) is 5.75 Å². The van der Waals surface area contributed by atoms with E-state index < -0.39 is 5.97 Å². The second-order valence-corrected chi connectivity index (χ2v) is 11.8. The predicted octanol–water partition coefficient (Wildman–Crippen LogP) is 6.71. The molecule has 0 radical (unpaired) electrons. The van der Waals surface area contributed by atoms with E-state index in [-0.39, 0.29) is 36.4 Å². The molecule has 0 atom stereocenters.